The van der Waals surface area contributed by atoms with Crippen LogP contribution in [0.25, 0.3) is 0 Å². The summed E-state index contributed by atoms with van der Waals surface area (Å²) in [5.74, 6) is 0.623. The van der Waals surface area contributed by atoms with E-state index in [2.05, 4.69) is 62.6 Å². The number of rotatable bonds is 8. The number of benzene rings is 1. The number of nitrogens with one attached hydrogen (secondary N) is 2. The number of amides is 3. The number of hydrogen-bond acceptors (Lipinski definition) is 2. The average Bonchev–Trinajstić information content (AvgIpc) is 2.53. The molecule has 4 N–H and O–H groups in total. The first-order valence-electron chi connectivity index (χ1n) is 8.86. The molecule has 0 saturated heterocycles. The summed E-state index contributed by atoms with van der Waals surface area (Å²) in [7, 11) is 0. The van der Waals surface area contributed by atoms with E-state index < -0.39 is 6.03 Å². The molecule has 0 aliphatic carbocycles. The van der Waals surface area contributed by atoms with Crippen LogP contribution in [0, 0.1) is 5.92 Å². The zero-order valence-electron chi connectivity index (χ0n) is 15.6. The van der Waals surface area contributed by atoms with Gasteiger partial charge in [-0.1, -0.05) is 58.9 Å². The van der Waals surface area contributed by atoms with Crippen molar-refractivity contribution in [1.82, 2.24) is 10.6 Å². The summed E-state index contributed by atoms with van der Waals surface area (Å²) in [6, 6.07) is 8.36. The molecule has 0 radical (unpaired) electrons. The smallest absolute Gasteiger partial charge is 0.321 e. The maximum atomic E-state index is 11.9. The van der Waals surface area contributed by atoms with Crippen molar-refractivity contribution in [3.63, 3.8) is 0 Å². The minimum Gasteiger partial charge on any atom is -0.338 e. The summed E-state index contributed by atoms with van der Waals surface area (Å²) in [6.45, 7) is 11.4. The van der Waals surface area contributed by atoms with Crippen LogP contribution in [0.4, 0.5) is 4.79 Å². The van der Waals surface area contributed by atoms with E-state index in [1.165, 1.54) is 11.1 Å². The lowest BCUT2D eigenvalue weighted by molar-refractivity contribution is -0.692. The van der Waals surface area contributed by atoms with E-state index >= 15 is 0 Å². The van der Waals surface area contributed by atoms with Crippen molar-refractivity contribution in [2.45, 2.75) is 53.0 Å². The van der Waals surface area contributed by atoms with Crippen LogP contribution in [0.1, 0.15) is 64.1 Å². The zero-order chi connectivity index (χ0) is 18.1. The molecule has 0 fully saturated rings. The van der Waals surface area contributed by atoms with Crippen LogP contribution in [-0.2, 0) is 4.79 Å². The zero-order valence-corrected chi connectivity index (χ0v) is 15.6. The number of imide groups is 1. The third kappa shape index (κ3) is 6.71. The fourth-order valence-electron chi connectivity index (χ4n) is 2.59. The van der Waals surface area contributed by atoms with Gasteiger partial charge in [0, 0.05) is 18.0 Å². The molecule has 0 aliphatic rings. The maximum Gasteiger partial charge on any atom is 0.321 e. The van der Waals surface area contributed by atoms with Crippen LogP contribution in [0.15, 0.2) is 24.3 Å². The molecule has 24 heavy (non-hydrogen) atoms. The molecule has 1 aromatic carbocycles. The average molecular weight is 334 g/mol. The molecule has 0 heterocycles. The Bertz CT molecular complexity index is 524. The fraction of sp³-hybridized carbons (Fsp3) is 0.579. The van der Waals surface area contributed by atoms with Gasteiger partial charge in [0.25, 0.3) is 5.91 Å². The topological polar surface area (TPSA) is 74.8 Å². The number of hydrogen-bond donors (Lipinski definition) is 3. The van der Waals surface area contributed by atoms with Gasteiger partial charge in [-0.15, -0.1) is 0 Å². The highest BCUT2D eigenvalue weighted by Gasteiger charge is 2.21. The molecule has 3 amide bonds. The third-order valence-electron chi connectivity index (χ3n) is 4.05. The first-order chi connectivity index (χ1) is 11.3. The molecule has 0 unspecified atom stereocenters. The molecular formula is C19H32N3O2+. The number of carbonyl (C=O) groups is 2. The third-order valence-corrected chi connectivity index (χ3v) is 4.05. The van der Waals surface area contributed by atoms with E-state index in [4.69, 9.17) is 0 Å². The Hall–Kier alpha value is -1.88. The minimum absolute atomic E-state index is 0.190. The van der Waals surface area contributed by atoms with Gasteiger partial charge in [-0.3, -0.25) is 10.1 Å². The maximum absolute atomic E-state index is 11.9. The second kappa shape index (κ2) is 10.1. The highest BCUT2D eigenvalue weighted by molar-refractivity contribution is 5.94. The summed E-state index contributed by atoms with van der Waals surface area (Å²) >= 11 is 0. The SMILES string of the molecule is CCCNC(=O)NC(=O)C[NH2+][C@@H](c1ccc(C(C)C)cc1)C(C)C. The van der Waals surface area contributed by atoms with E-state index in [-0.39, 0.29) is 18.5 Å². The number of quaternary nitrogens is 1. The van der Waals surface area contributed by atoms with Crippen LogP contribution in [-0.4, -0.2) is 25.0 Å². The molecule has 0 aromatic heterocycles. The van der Waals surface area contributed by atoms with Gasteiger partial charge in [-0.05, 0) is 17.9 Å². The van der Waals surface area contributed by atoms with Gasteiger partial charge in [0.05, 0.1) is 0 Å². The Morgan fingerprint density at radius 1 is 1.04 bits per heavy atom. The van der Waals surface area contributed by atoms with E-state index in [9.17, 15) is 9.59 Å². The van der Waals surface area contributed by atoms with E-state index in [1.54, 1.807) is 0 Å². The van der Waals surface area contributed by atoms with E-state index in [0.717, 1.165) is 6.42 Å². The number of carbonyl (C=O) groups excluding carboxylic acids is 2. The summed E-state index contributed by atoms with van der Waals surface area (Å²) in [5, 5.41) is 7.00. The fourth-order valence-corrected chi connectivity index (χ4v) is 2.59. The van der Waals surface area contributed by atoms with Crippen molar-refractivity contribution in [2.75, 3.05) is 13.1 Å². The van der Waals surface area contributed by atoms with Crippen molar-refractivity contribution < 1.29 is 14.9 Å². The quantitative estimate of drug-likeness (QED) is 0.682. The standard InChI is InChI=1S/C19H31N3O2/c1-6-11-20-19(24)22-17(23)12-21-18(14(4)5)16-9-7-15(8-10-16)13(2)3/h7-10,13-14,18,21H,6,11-12H2,1-5H3,(H2,20,22,23,24)/p+1/t18-/m1/s1. The molecule has 1 rings (SSSR count). The largest absolute Gasteiger partial charge is 0.338 e. The lowest BCUT2D eigenvalue weighted by Crippen LogP contribution is -2.88. The Kier molecular flexibility index (Phi) is 8.47. The highest BCUT2D eigenvalue weighted by atomic mass is 16.2. The molecule has 134 valence electrons. The molecular weight excluding hydrogens is 302 g/mol. The van der Waals surface area contributed by atoms with Crippen LogP contribution < -0.4 is 16.0 Å². The molecule has 5 heteroatoms. The van der Waals surface area contributed by atoms with Gasteiger partial charge in [0.1, 0.15) is 6.04 Å². The van der Waals surface area contributed by atoms with Gasteiger partial charge < -0.3 is 10.6 Å². The van der Waals surface area contributed by atoms with Crippen molar-refractivity contribution in [1.29, 1.82) is 0 Å². The summed E-state index contributed by atoms with van der Waals surface area (Å²) in [4.78, 5) is 23.4. The van der Waals surface area contributed by atoms with Gasteiger partial charge in [-0.25, -0.2) is 4.79 Å². The monoisotopic (exact) mass is 334 g/mol. The Morgan fingerprint density at radius 2 is 1.62 bits per heavy atom. The first kappa shape index (κ1) is 20.2. The molecule has 0 bridgehead atoms. The Labute approximate surface area is 145 Å². The van der Waals surface area contributed by atoms with Crippen molar-refractivity contribution in [3.05, 3.63) is 35.4 Å². The summed E-state index contributed by atoms with van der Waals surface area (Å²) < 4.78 is 0. The van der Waals surface area contributed by atoms with Crippen LogP contribution in [0.5, 0.6) is 0 Å². The van der Waals surface area contributed by atoms with Gasteiger partial charge in [0.2, 0.25) is 0 Å². The van der Waals surface area contributed by atoms with E-state index in [0.29, 0.717) is 18.4 Å². The molecule has 0 spiro atoms. The van der Waals surface area contributed by atoms with Crippen LogP contribution in [0.3, 0.4) is 0 Å². The highest BCUT2D eigenvalue weighted by Crippen LogP contribution is 2.21. The minimum atomic E-state index is -0.419. The van der Waals surface area contributed by atoms with Gasteiger partial charge >= 0.3 is 6.03 Å². The first-order valence-corrected chi connectivity index (χ1v) is 8.86. The van der Waals surface area contributed by atoms with Crippen LogP contribution in [0.2, 0.25) is 0 Å². The predicted octanol–water partition coefficient (Wildman–Crippen LogP) is 2.31. The lowest BCUT2D eigenvalue weighted by Gasteiger charge is -2.20. The Balaban J connectivity index is 2.60. The van der Waals surface area contributed by atoms with Crippen molar-refractivity contribution >= 4 is 11.9 Å². The van der Waals surface area contributed by atoms with Gasteiger partial charge in [-0.2, -0.15) is 0 Å². The molecule has 0 saturated carbocycles. The second-order valence-corrected chi connectivity index (χ2v) is 6.84. The molecule has 0 aliphatic heterocycles. The molecule has 5 nitrogen and oxygen atoms in total. The van der Waals surface area contributed by atoms with Crippen molar-refractivity contribution in [2.24, 2.45) is 5.92 Å². The number of urea groups is 1. The molecule has 1 atom stereocenters. The van der Waals surface area contributed by atoms with Crippen LogP contribution >= 0.6 is 0 Å². The molecule has 1 aromatic rings. The Morgan fingerprint density at radius 3 is 2.12 bits per heavy atom. The second-order valence-electron chi connectivity index (χ2n) is 6.84. The number of nitrogens with two attached hydrogens (primary N) is 1. The van der Waals surface area contributed by atoms with Gasteiger partial charge in [0.15, 0.2) is 6.54 Å². The van der Waals surface area contributed by atoms with Crippen molar-refractivity contribution in [3.8, 4) is 0 Å². The summed E-state index contributed by atoms with van der Waals surface area (Å²) in [5.41, 5.74) is 2.52. The lowest BCUT2D eigenvalue weighted by atomic mass is 9.93. The summed E-state index contributed by atoms with van der Waals surface area (Å²) in [6.07, 6.45) is 0.843. The van der Waals surface area contributed by atoms with E-state index in [1.807, 2.05) is 12.2 Å². The predicted molar refractivity (Wildman–Crippen MR) is 96.7 cm³/mol. The normalized spacial score (nSPS) is 12.3.